The van der Waals surface area contributed by atoms with Gasteiger partial charge in [0.15, 0.2) is 0 Å². The average molecular weight is 399 g/mol. The highest BCUT2D eigenvalue weighted by atomic mass is 16.3. The molecule has 2 aromatic carbocycles. The zero-order valence-corrected chi connectivity index (χ0v) is 17.6. The summed E-state index contributed by atoms with van der Waals surface area (Å²) in [5.74, 6) is 1.98. The average Bonchev–Trinajstić information content (AvgIpc) is 3.31. The molecule has 3 aliphatic rings. The lowest BCUT2D eigenvalue weighted by atomic mass is 9.68. The number of amidine groups is 1. The number of hydrogen-bond donors (Lipinski definition) is 2. The van der Waals surface area contributed by atoms with Crippen LogP contribution in [0.4, 0.5) is 0 Å². The lowest BCUT2D eigenvalue weighted by molar-refractivity contribution is 0.426. The van der Waals surface area contributed by atoms with Gasteiger partial charge in [0.1, 0.15) is 23.4 Å². The topological polar surface area (TPSA) is 57.8 Å². The van der Waals surface area contributed by atoms with Crippen LogP contribution in [0.1, 0.15) is 72.2 Å². The maximum atomic E-state index is 10.4. The van der Waals surface area contributed by atoms with Crippen molar-refractivity contribution in [1.29, 1.82) is 0 Å². The highest BCUT2D eigenvalue weighted by molar-refractivity contribution is 6.03. The first kappa shape index (κ1) is 17.8. The van der Waals surface area contributed by atoms with Crippen LogP contribution in [0.25, 0.3) is 11.3 Å². The summed E-state index contributed by atoms with van der Waals surface area (Å²) in [6.45, 7) is 6.80. The van der Waals surface area contributed by atoms with Gasteiger partial charge in [0.25, 0.3) is 0 Å². The Hall–Kier alpha value is -3.01. The number of furan rings is 1. The molecule has 0 amide bonds. The molecule has 1 aliphatic heterocycles. The van der Waals surface area contributed by atoms with Gasteiger partial charge in [-0.3, -0.25) is 4.99 Å². The van der Waals surface area contributed by atoms with E-state index in [1.807, 2.05) is 24.5 Å². The molecule has 0 saturated carbocycles. The van der Waals surface area contributed by atoms with Crippen LogP contribution in [-0.2, 0) is 11.8 Å². The third-order valence-corrected chi connectivity index (χ3v) is 7.22. The molecular formula is C26H26N2O2. The van der Waals surface area contributed by atoms with Crippen molar-refractivity contribution in [2.24, 2.45) is 4.99 Å². The third kappa shape index (κ3) is 2.31. The van der Waals surface area contributed by atoms with Crippen LogP contribution in [-0.4, -0.2) is 10.9 Å². The number of aliphatic imine (C=N–C) groups is 1. The molecule has 30 heavy (non-hydrogen) atoms. The number of aryl methyl sites for hydroxylation is 1. The van der Waals surface area contributed by atoms with Gasteiger partial charge in [-0.1, -0.05) is 38.1 Å². The third-order valence-electron chi connectivity index (χ3n) is 7.22. The van der Waals surface area contributed by atoms with E-state index in [1.54, 1.807) is 6.07 Å². The molecule has 152 valence electrons. The minimum atomic E-state index is -0.0118. The summed E-state index contributed by atoms with van der Waals surface area (Å²) in [5.41, 5.74) is 8.65. The Balaban J connectivity index is 1.61. The van der Waals surface area contributed by atoms with Gasteiger partial charge < -0.3 is 14.8 Å². The Bertz CT molecular complexity index is 1220. The summed E-state index contributed by atoms with van der Waals surface area (Å²) in [5, 5.41) is 14.1. The number of aromatic hydroxyl groups is 1. The van der Waals surface area contributed by atoms with Crippen molar-refractivity contribution in [3.8, 4) is 17.1 Å². The largest absolute Gasteiger partial charge is 0.507 e. The number of nitrogens with zero attached hydrogens (tertiary/aromatic N) is 1. The second-order valence-corrected chi connectivity index (χ2v) is 9.51. The van der Waals surface area contributed by atoms with Crippen molar-refractivity contribution in [3.63, 3.8) is 0 Å². The smallest absolute Gasteiger partial charge is 0.139 e. The first-order valence-corrected chi connectivity index (χ1v) is 10.8. The van der Waals surface area contributed by atoms with Crippen molar-refractivity contribution < 1.29 is 9.52 Å². The standard InChI is InChI=1S/C26H26N2O2/c1-14-13-30-24-17-10-11-18-15(8-6-12-26(18,2)3)21(17)23-22(20(14)24)27-25(28-23)16-7-4-5-9-19(16)29/h4-5,7,9-11,13,22-23,29H,6,8,12H2,1-3H3,(H,27,28). The van der Waals surface area contributed by atoms with Gasteiger partial charge in [0.2, 0.25) is 0 Å². The SMILES string of the molecule is Cc1coc2c1C1NC(c3ccccc3O)=NC1c1c-2ccc2c1CCCC2(C)C. The zero-order chi connectivity index (χ0) is 20.6. The van der Waals surface area contributed by atoms with Gasteiger partial charge >= 0.3 is 0 Å². The summed E-state index contributed by atoms with van der Waals surface area (Å²) in [6, 6.07) is 12.0. The molecule has 3 aromatic rings. The Labute approximate surface area is 176 Å². The molecule has 2 heterocycles. The lowest BCUT2D eigenvalue weighted by Gasteiger charge is -2.37. The number of phenolic OH excluding ortho intramolecular Hbond substituents is 1. The van der Waals surface area contributed by atoms with E-state index in [4.69, 9.17) is 9.41 Å². The van der Waals surface area contributed by atoms with E-state index in [2.05, 4.69) is 38.2 Å². The molecule has 0 saturated heterocycles. The summed E-state index contributed by atoms with van der Waals surface area (Å²) in [4.78, 5) is 5.16. The van der Waals surface area contributed by atoms with Crippen LogP contribution in [0.2, 0.25) is 0 Å². The minimum Gasteiger partial charge on any atom is -0.507 e. The molecule has 2 unspecified atom stereocenters. The van der Waals surface area contributed by atoms with Crippen LogP contribution >= 0.6 is 0 Å². The van der Waals surface area contributed by atoms with E-state index in [9.17, 15) is 5.11 Å². The van der Waals surface area contributed by atoms with E-state index in [0.29, 0.717) is 0 Å². The fourth-order valence-corrected chi connectivity index (χ4v) is 5.75. The van der Waals surface area contributed by atoms with Crippen LogP contribution in [0, 0.1) is 6.92 Å². The Kier molecular flexibility index (Phi) is 3.57. The van der Waals surface area contributed by atoms with Gasteiger partial charge in [0, 0.05) is 11.1 Å². The minimum absolute atomic E-state index is 0.0118. The second kappa shape index (κ2) is 6.00. The predicted molar refractivity (Wildman–Crippen MR) is 118 cm³/mol. The normalized spacial score (nSPS) is 23.0. The maximum Gasteiger partial charge on any atom is 0.139 e. The van der Waals surface area contributed by atoms with E-state index in [-0.39, 0.29) is 23.2 Å². The van der Waals surface area contributed by atoms with Crippen molar-refractivity contribution in [3.05, 3.63) is 76.0 Å². The van der Waals surface area contributed by atoms with Gasteiger partial charge in [-0.05, 0) is 66.0 Å². The van der Waals surface area contributed by atoms with E-state index in [1.165, 1.54) is 40.7 Å². The van der Waals surface area contributed by atoms with Crippen LogP contribution in [0.15, 0.2) is 52.1 Å². The molecule has 4 nitrogen and oxygen atoms in total. The molecule has 2 N–H and O–H groups in total. The number of rotatable bonds is 1. The molecule has 1 aromatic heterocycles. The quantitative estimate of drug-likeness (QED) is 0.551. The molecule has 0 fully saturated rings. The summed E-state index contributed by atoms with van der Waals surface area (Å²) >= 11 is 0. The van der Waals surface area contributed by atoms with Gasteiger partial charge in [0.05, 0.1) is 17.9 Å². The summed E-state index contributed by atoms with van der Waals surface area (Å²) in [6.07, 6.45) is 5.35. The first-order valence-electron chi connectivity index (χ1n) is 10.8. The summed E-state index contributed by atoms with van der Waals surface area (Å²) < 4.78 is 6.09. The van der Waals surface area contributed by atoms with Crippen molar-refractivity contribution in [1.82, 2.24) is 5.32 Å². The Morgan fingerprint density at radius 3 is 2.77 bits per heavy atom. The highest BCUT2D eigenvalue weighted by Crippen LogP contribution is 2.54. The summed E-state index contributed by atoms with van der Waals surface area (Å²) in [7, 11) is 0. The molecule has 2 aliphatic carbocycles. The number of benzene rings is 2. The Morgan fingerprint density at radius 2 is 1.93 bits per heavy atom. The number of para-hydroxylation sites is 1. The number of nitrogens with one attached hydrogen (secondary N) is 1. The molecule has 0 bridgehead atoms. The van der Waals surface area contributed by atoms with Gasteiger partial charge in [-0.15, -0.1) is 0 Å². The molecular weight excluding hydrogens is 372 g/mol. The van der Waals surface area contributed by atoms with E-state index in [0.717, 1.165) is 29.1 Å². The molecule has 0 radical (unpaired) electrons. The fraction of sp³-hybridized carbons (Fsp3) is 0.346. The molecule has 2 atom stereocenters. The van der Waals surface area contributed by atoms with Crippen LogP contribution < -0.4 is 5.32 Å². The maximum absolute atomic E-state index is 10.4. The van der Waals surface area contributed by atoms with E-state index < -0.39 is 0 Å². The predicted octanol–water partition coefficient (Wildman–Crippen LogP) is 5.72. The monoisotopic (exact) mass is 398 g/mol. The first-order chi connectivity index (χ1) is 14.5. The number of fused-ring (bicyclic) bond motifs is 8. The van der Waals surface area contributed by atoms with Crippen molar-refractivity contribution >= 4 is 5.84 Å². The van der Waals surface area contributed by atoms with Crippen molar-refractivity contribution in [2.45, 2.75) is 57.5 Å². The number of hydrogen-bond acceptors (Lipinski definition) is 4. The highest BCUT2D eigenvalue weighted by Gasteiger charge is 2.44. The fourth-order valence-electron chi connectivity index (χ4n) is 5.75. The van der Waals surface area contributed by atoms with Crippen LogP contribution in [0.3, 0.4) is 0 Å². The zero-order valence-electron chi connectivity index (χ0n) is 17.6. The van der Waals surface area contributed by atoms with Crippen LogP contribution in [0.5, 0.6) is 5.75 Å². The second-order valence-electron chi connectivity index (χ2n) is 9.51. The number of phenols is 1. The molecule has 0 spiro atoms. The molecule has 6 rings (SSSR count). The van der Waals surface area contributed by atoms with Crippen molar-refractivity contribution in [2.75, 3.05) is 0 Å². The lowest BCUT2D eigenvalue weighted by Crippen LogP contribution is -2.30. The van der Waals surface area contributed by atoms with Gasteiger partial charge in [-0.2, -0.15) is 0 Å². The molecule has 4 heteroatoms. The van der Waals surface area contributed by atoms with E-state index >= 15 is 0 Å². The van der Waals surface area contributed by atoms with Gasteiger partial charge in [-0.25, -0.2) is 0 Å². The Morgan fingerprint density at radius 1 is 1.10 bits per heavy atom.